The quantitative estimate of drug-likeness (QED) is 0.611. The largest absolute Gasteiger partial charge is 0.353 e. The standard InChI is InChI=1S/C25H31N5OS/c31-25(20-4-3-12-26-18-20)27-21-9-7-19(8-10-21)11-13-29-14-16-30(17-15-29)24-22-5-1-2-6-23(22)32-28-24/h1-6,12,18-19,21H,7-11,13-17H2,(H,27,31)/t19-,21-. The Hall–Kier alpha value is -2.51. The van der Waals surface area contributed by atoms with Crippen LogP contribution in [0.15, 0.2) is 48.8 Å². The Morgan fingerprint density at radius 3 is 2.62 bits per heavy atom. The van der Waals surface area contributed by atoms with Crippen molar-refractivity contribution in [2.75, 3.05) is 37.6 Å². The van der Waals surface area contributed by atoms with Crippen molar-refractivity contribution in [3.8, 4) is 0 Å². The number of rotatable bonds is 6. The van der Waals surface area contributed by atoms with Crippen molar-refractivity contribution in [1.82, 2.24) is 19.6 Å². The summed E-state index contributed by atoms with van der Waals surface area (Å²) in [5.74, 6) is 1.95. The Morgan fingerprint density at radius 1 is 1.03 bits per heavy atom. The molecule has 0 spiro atoms. The van der Waals surface area contributed by atoms with Crippen LogP contribution in [-0.2, 0) is 0 Å². The highest BCUT2D eigenvalue weighted by Gasteiger charge is 2.25. The van der Waals surface area contributed by atoms with E-state index in [0.29, 0.717) is 11.6 Å². The molecule has 1 saturated heterocycles. The first-order chi connectivity index (χ1) is 15.8. The first-order valence-electron chi connectivity index (χ1n) is 11.8. The van der Waals surface area contributed by atoms with E-state index in [2.05, 4.69) is 44.4 Å². The highest BCUT2D eigenvalue weighted by atomic mass is 32.1. The average Bonchev–Trinajstić information content (AvgIpc) is 3.29. The smallest absolute Gasteiger partial charge is 0.253 e. The van der Waals surface area contributed by atoms with Crippen molar-refractivity contribution in [2.24, 2.45) is 5.92 Å². The van der Waals surface area contributed by atoms with E-state index in [1.807, 2.05) is 12.1 Å². The van der Waals surface area contributed by atoms with E-state index < -0.39 is 0 Å². The summed E-state index contributed by atoms with van der Waals surface area (Å²) in [7, 11) is 0. The number of amides is 1. The second-order valence-corrected chi connectivity index (χ2v) is 9.86. The van der Waals surface area contributed by atoms with Gasteiger partial charge in [0, 0.05) is 50.0 Å². The third-order valence-corrected chi connectivity index (χ3v) is 7.81. The predicted octanol–water partition coefficient (Wildman–Crippen LogP) is 4.19. The van der Waals surface area contributed by atoms with Gasteiger partial charge in [0.1, 0.15) is 5.82 Å². The Labute approximate surface area is 193 Å². The van der Waals surface area contributed by atoms with Crippen molar-refractivity contribution in [1.29, 1.82) is 0 Å². The molecular weight excluding hydrogens is 418 g/mol. The van der Waals surface area contributed by atoms with E-state index in [0.717, 1.165) is 50.8 Å². The number of anilines is 1. The summed E-state index contributed by atoms with van der Waals surface area (Å²) in [6.45, 7) is 5.52. The fraction of sp³-hybridized carbons (Fsp3) is 0.480. The molecule has 1 saturated carbocycles. The van der Waals surface area contributed by atoms with Gasteiger partial charge >= 0.3 is 0 Å². The van der Waals surface area contributed by atoms with Gasteiger partial charge in [-0.05, 0) is 80.4 Å². The fourth-order valence-corrected chi connectivity index (χ4v) is 5.81. The van der Waals surface area contributed by atoms with Crippen LogP contribution in [0.2, 0.25) is 0 Å². The van der Waals surface area contributed by atoms with Crippen molar-refractivity contribution in [3.63, 3.8) is 0 Å². The van der Waals surface area contributed by atoms with Crippen LogP contribution in [-0.4, -0.2) is 58.9 Å². The minimum atomic E-state index is 0.00677. The number of aromatic nitrogens is 2. The minimum Gasteiger partial charge on any atom is -0.353 e. The molecule has 0 unspecified atom stereocenters. The molecule has 3 aromatic rings. The van der Waals surface area contributed by atoms with Crippen LogP contribution in [0, 0.1) is 5.92 Å². The summed E-state index contributed by atoms with van der Waals surface area (Å²) in [5.41, 5.74) is 0.652. The molecule has 0 atom stereocenters. The van der Waals surface area contributed by atoms with E-state index in [4.69, 9.17) is 4.37 Å². The normalized spacial score (nSPS) is 22.2. The number of benzene rings is 1. The lowest BCUT2D eigenvalue weighted by atomic mass is 9.84. The van der Waals surface area contributed by atoms with E-state index in [-0.39, 0.29) is 5.91 Å². The number of nitrogens with one attached hydrogen (secondary N) is 1. The molecule has 1 amide bonds. The molecular formula is C25H31N5OS. The molecule has 1 aromatic carbocycles. The summed E-state index contributed by atoms with van der Waals surface area (Å²) < 4.78 is 6.00. The highest BCUT2D eigenvalue weighted by molar-refractivity contribution is 7.13. The average molecular weight is 450 g/mol. The van der Waals surface area contributed by atoms with Gasteiger partial charge in [-0.15, -0.1) is 0 Å². The Balaban J connectivity index is 1.03. The van der Waals surface area contributed by atoms with E-state index in [1.165, 1.54) is 35.9 Å². The summed E-state index contributed by atoms with van der Waals surface area (Å²) >= 11 is 1.61. The van der Waals surface area contributed by atoms with Crippen molar-refractivity contribution < 1.29 is 4.79 Å². The molecule has 0 radical (unpaired) electrons. The third-order valence-electron chi connectivity index (χ3n) is 6.99. The molecule has 1 N–H and O–H groups in total. The lowest BCUT2D eigenvalue weighted by Gasteiger charge is -2.36. The zero-order chi connectivity index (χ0) is 21.8. The van der Waals surface area contributed by atoms with Crippen LogP contribution in [0.4, 0.5) is 5.82 Å². The number of carbonyl (C=O) groups excluding carboxylic acids is 1. The minimum absolute atomic E-state index is 0.00677. The Bertz CT molecular complexity index is 1020. The molecule has 2 aromatic heterocycles. The Morgan fingerprint density at radius 2 is 1.84 bits per heavy atom. The zero-order valence-electron chi connectivity index (χ0n) is 18.4. The maximum Gasteiger partial charge on any atom is 0.253 e. The van der Waals surface area contributed by atoms with Crippen LogP contribution < -0.4 is 10.2 Å². The maximum atomic E-state index is 12.3. The van der Waals surface area contributed by atoms with Crippen molar-refractivity contribution >= 4 is 33.3 Å². The molecule has 3 heterocycles. The summed E-state index contributed by atoms with van der Waals surface area (Å²) in [5, 5.41) is 4.48. The SMILES string of the molecule is O=C(N[C@H]1CC[C@H](CCN2CCN(c3nsc4ccccc34)CC2)CC1)c1cccnc1. The van der Waals surface area contributed by atoms with Gasteiger partial charge in [-0.25, -0.2) is 0 Å². The fourth-order valence-electron chi connectivity index (χ4n) is 5.01. The van der Waals surface area contributed by atoms with E-state index in [1.54, 1.807) is 23.9 Å². The van der Waals surface area contributed by atoms with Gasteiger partial charge in [0.05, 0.1) is 10.3 Å². The molecule has 1 aliphatic carbocycles. The van der Waals surface area contributed by atoms with Gasteiger partial charge in [-0.1, -0.05) is 12.1 Å². The first kappa shape index (κ1) is 21.3. The monoisotopic (exact) mass is 449 g/mol. The molecule has 168 valence electrons. The topological polar surface area (TPSA) is 61.4 Å². The zero-order valence-corrected chi connectivity index (χ0v) is 19.3. The maximum absolute atomic E-state index is 12.3. The Kier molecular flexibility index (Phi) is 6.64. The van der Waals surface area contributed by atoms with E-state index in [9.17, 15) is 4.79 Å². The van der Waals surface area contributed by atoms with Crippen LogP contribution in [0.3, 0.4) is 0 Å². The summed E-state index contributed by atoms with van der Waals surface area (Å²) in [6, 6.07) is 12.5. The number of hydrogen-bond donors (Lipinski definition) is 1. The number of fused-ring (bicyclic) bond motifs is 1. The van der Waals surface area contributed by atoms with Crippen LogP contribution in [0.25, 0.3) is 10.1 Å². The molecule has 6 nitrogen and oxygen atoms in total. The van der Waals surface area contributed by atoms with Crippen molar-refractivity contribution in [3.05, 3.63) is 54.4 Å². The first-order valence-corrected chi connectivity index (χ1v) is 12.6. The second kappa shape index (κ2) is 9.96. The highest BCUT2D eigenvalue weighted by Crippen LogP contribution is 2.30. The van der Waals surface area contributed by atoms with Crippen molar-refractivity contribution in [2.45, 2.75) is 38.1 Å². The molecule has 2 fully saturated rings. The molecule has 7 heteroatoms. The van der Waals surface area contributed by atoms with Gasteiger partial charge < -0.3 is 10.2 Å². The van der Waals surface area contributed by atoms with Crippen LogP contribution in [0.5, 0.6) is 0 Å². The van der Waals surface area contributed by atoms with Gasteiger partial charge in [-0.3, -0.25) is 14.7 Å². The number of piperazine rings is 1. The summed E-state index contributed by atoms with van der Waals surface area (Å²) in [6.07, 6.45) is 9.19. The van der Waals surface area contributed by atoms with Crippen LogP contribution >= 0.6 is 11.5 Å². The molecule has 5 rings (SSSR count). The number of hydrogen-bond acceptors (Lipinski definition) is 6. The molecule has 1 aliphatic heterocycles. The van der Waals surface area contributed by atoms with Gasteiger partial charge in [0.15, 0.2) is 0 Å². The third kappa shape index (κ3) is 4.94. The molecule has 2 aliphatic rings. The van der Waals surface area contributed by atoms with Gasteiger partial charge in [0.2, 0.25) is 0 Å². The van der Waals surface area contributed by atoms with Crippen LogP contribution in [0.1, 0.15) is 42.5 Å². The predicted molar refractivity (Wildman–Crippen MR) is 130 cm³/mol. The van der Waals surface area contributed by atoms with Gasteiger partial charge in [0.25, 0.3) is 5.91 Å². The number of pyridine rings is 1. The number of carbonyl (C=O) groups is 1. The second-order valence-electron chi connectivity index (χ2n) is 9.05. The van der Waals surface area contributed by atoms with E-state index >= 15 is 0 Å². The lowest BCUT2D eigenvalue weighted by molar-refractivity contribution is 0.0919. The number of nitrogens with zero attached hydrogens (tertiary/aromatic N) is 4. The molecule has 32 heavy (non-hydrogen) atoms. The molecule has 0 bridgehead atoms. The summed E-state index contributed by atoms with van der Waals surface area (Å²) in [4.78, 5) is 21.4. The van der Waals surface area contributed by atoms with Gasteiger partial charge in [-0.2, -0.15) is 4.37 Å². The lowest BCUT2D eigenvalue weighted by Crippen LogP contribution is -2.47.